The van der Waals surface area contributed by atoms with E-state index in [1.54, 1.807) is 6.20 Å². The van der Waals surface area contributed by atoms with Crippen LogP contribution in [0.3, 0.4) is 0 Å². The third-order valence-corrected chi connectivity index (χ3v) is 9.13. The first-order valence-electron chi connectivity index (χ1n) is 12.4. The normalized spacial score (nSPS) is 34.4. The van der Waals surface area contributed by atoms with E-state index in [4.69, 9.17) is 14.2 Å². The largest absolute Gasteiger partial charge is 0.491 e. The highest BCUT2D eigenvalue weighted by Gasteiger charge is 2.50. The second-order valence-corrected chi connectivity index (χ2v) is 11.6. The zero-order valence-corrected chi connectivity index (χ0v) is 23.0. The van der Waals surface area contributed by atoms with Crippen molar-refractivity contribution in [1.29, 1.82) is 0 Å². The van der Waals surface area contributed by atoms with Gasteiger partial charge in [0.15, 0.2) is 6.10 Å². The minimum Gasteiger partial charge on any atom is -0.491 e. The van der Waals surface area contributed by atoms with E-state index in [0.717, 1.165) is 28.9 Å². The van der Waals surface area contributed by atoms with Crippen LogP contribution < -0.4 is 9.47 Å². The summed E-state index contributed by atoms with van der Waals surface area (Å²) in [6, 6.07) is 1.88. The van der Waals surface area contributed by atoms with Crippen LogP contribution in [0, 0.1) is 17.8 Å². The van der Waals surface area contributed by atoms with Gasteiger partial charge >= 0.3 is 5.97 Å². The molecular formula is C25H31Br2NO8. The van der Waals surface area contributed by atoms with Crippen molar-refractivity contribution in [2.24, 2.45) is 17.8 Å². The molecule has 8 atom stereocenters. The van der Waals surface area contributed by atoms with E-state index in [1.807, 2.05) is 6.07 Å². The van der Waals surface area contributed by atoms with Gasteiger partial charge < -0.3 is 39.3 Å². The number of hydrogen-bond donors (Lipinski definition) is 4. The lowest BCUT2D eigenvalue weighted by Crippen LogP contribution is -2.61. The number of aromatic nitrogens is 1. The first-order valence-corrected chi connectivity index (χ1v) is 14.0. The average Bonchev–Trinajstić information content (AvgIpc) is 3.31. The van der Waals surface area contributed by atoms with Crippen LogP contribution in [-0.4, -0.2) is 70.7 Å². The molecule has 36 heavy (non-hydrogen) atoms. The van der Waals surface area contributed by atoms with Crippen LogP contribution in [-0.2, 0) is 14.3 Å². The highest BCUT2D eigenvalue weighted by atomic mass is 79.9. The van der Waals surface area contributed by atoms with Crippen molar-refractivity contribution >= 4 is 48.7 Å². The van der Waals surface area contributed by atoms with Gasteiger partial charge in [-0.2, -0.15) is 0 Å². The molecular weight excluding hydrogens is 602 g/mol. The molecule has 3 fully saturated rings. The summed E-state index contributed by atoms with van der Waals surface area (Å²) in [5.41, 5.74) is 0.736. The number of hydrogen-bond acceptors (Lipinski definition) is 8. The molecule has 2 heterocycles. The third-order valence-electron chi connectivity index (χ3n) is 7.78. The van der Waals surface area contributed by atoms with Gasteiger partial charge in [0.2, 0.25) is 6.29 Å². The number of carbonyl (C=O) groups excluding carboxylic acids is 1. The monoisotopic (exact) mass is 631 g/mol. The van der Waals surface area contributed by atoms with E-state index in [-0.39, 0.29) is 0 Å². The van der Waals surface area contributed by atoms with Crippen LogP contribution in [0.1, 0.15) is 38.5 Å². The minimum absolute atomic E-state index is 0.318. The van der Waals surface area contributed by atoms with Crippen LogP contribution >= 0.6 is 31.9 Å². The van der Waals surface area contributed by atoms with Gasteiger partial charge in [-0.1, -0.05) is 25.7 Å². The quantitative estimate of drug-likeness (QED) is 0.355. The van der Waals surface area contributed by atoms with Gasteiger partial charge in [0.05, 0.1) is 33.6 Å². The molecule has 1 aromatic carbocycles. The molecule has 3 aliphatic rings. The molecule has 11 heteroatoms. The zero-order chi connectivity index (χ0) is 25.6. The number of aromatic amines is 1. The van der Waals surface area contributed by atoms with Crippen molar-refractivity contribution in [3.05, 3.63) is 21.2 Å². The fraction of sp³-hybridized carbons (Fsp3) is 0.640. The van der Waals surface area contributed by atoms with Gasteiger partial charge in [-0.15, -0.1) is 0 Å². The average molecular weight is 633 g/mol. The number of fused-ring (bicyclic) bond motifs is 2. The van der Waals surface area contributed by atoms with Crippen molar-refractivity contribution < 1.29 is 39.1 Å². The van der Waals surface area contributed by atoms with Gasteiger partial charge in [0, 0.05) is 6.20 Å². The second kappa shape index (κ2) is 10.8. The van der Waals surface area contributed by atoms with Gasteiger partial charge in [0.1, 0.15) is 29.8 Å². The van der Waals surface area contributed by atoms with E-state index >= 15 is 0 Å². The summed E-state index contributed by atoms with van der Waals surface area (Å²) in [6.07, 6.45) is 1.59. The first kappa shape index (κ1) is 26.2. The predicted molar refractivity (Wildman–Crippen MR) is 137 cm³/mol. The van der Waals surface area contributed by atoms with Crippen molar-refractivity contribution in [1.82, 2.24) is 4.98 Å². The molecule has 5 rings (SSSR count). The fourth-order valence-corrected chi connectivity index (χ4v) is 7.24. The Kier molecular flexibility index (Phi) is 7.86. The Hall–Kier alpha value is -1.37. The van der Waals surface area contributed by atoms with Crippen LogP contribution in [0.5, 0.6) is 11.5 Å². The molecule has 1 saturated heterocycles. The van der Waals surface area contributed by atoms with E-state index in [2.05, 4.69) is 41.6 Å². The van der Waals surface area contributed by atoms with Gasteiger partial charge in [0.25, 0.3) is 0 Å². The zero-order valence-electron chi connectivity index (χ0n) is 19.9. The Morgan fingerprint density at radius 2 is 1.78 bits per heavy atom. The highest BCUT2D eigenvalue weighted by molar-refractivity contribution is 9.11. The van der Waals surface area contributed by atoms with E-state index in [9.17, 15) is 20.1 Å². The Labute approximate surface area is 225 Å². The molecule has 4 N–H and O–H groups in total. The van der Waals surface area contributed by atoms with Crippen LogP contribution in [0.15, 0.2) is 21.2 Å². The molecule has 0 radical (unpaired) electrons. The van der Waals surface area contributed by atoms with Gasteiger partial charge in [-0.3, -0.25) is 0 Å². The topological polar surface area (TPSA) is 130 Å². The lowest BCUT2D eigenvalue weighted by molar-refractivity contribution is -0.271. The second-order valence-electron chi connectivity index (χ2n) is 9.91. The molecule has 1 aliphatic heterocycles. The molecule has 2 aliphatic carbocycles. The Bertz CT molecular complexity index is 1100. The number of esters is 1. The SMILES string of the molecule is COC(=O)[C@H]1O[C@@H](Oc2c[nH]c3cc(Br)c(OCC4[C@H]5CCCCCC[C@@H]45)c(Br)c23)[C@H](O)[C@@H](O)[C@@H]1O. The fourth-order valence-electron chi connectivity index (χ4n) is 5.70. The first-order chi connectivity index (χ1) is 17.3. The van der Waals surface area contributed by atoms with Crippen molar-refractivity contribution in [2.45, 2.75) is 69.2 Å². The Balaban J connectivity index is 1.35. The van der Waals surface area contributed by atoms with Crippen LogP contribution in [0.25, 0.3) is 10.9 Å². The number of aliphatic hydroxyl groups is 3. The number of halogens is 2. The number of nitrogens with one attached hydrogen (secondary N) is 1. The minimum atomic E-state index is -1.66. The Morgan fingerprint density at radius 3 is 2.44 bits per heavy atom. The maximum Gasteiger partial charge on any atom is 0.337 e. The summed E-state index contributed by atoms with van der Waals surface area (Å²) in [4.78, 5) is 15.1. The van der Waals surface area contributed by atoms with Crippen molar-refractivity contribution in [2.75, 3.05) is 13.7 Å². The molecule has 2 aromatic rings. The molecule has 2 saturated carbocycles. The number of carbonyl (C=O) groups is 1. The van der Waals surface area contributed by atoms with Crippen LogP contribution in [0.2, 0.25) is 0 Å². The highest BCUT2D eigenvalue weighted by Crippen LogP contribution is 2.54. The lowest BCUT2D eigenvalue weighted by atomic mass is 9.99. The maximum atomic E-state index is 12.0. The summed E-state index contributed by atoms with van der Waals surface area (Å²) < 4.78 is 23.8. The smallest absolute Gasteiger partial charge is 0.337 e. The summed E-state index contributed by atoms with van der Waals surface area (Å²) in [6.45, 7) is 0.647. The molecule has 198 valence electrons. The predicted octanol–water partition coefficient (Wildman–Crippen LogP) is 3.65. The molecule has 0 amide bonds. The number of rotatable bonds is 6. The van der Waals surface area contributed by atoms with Crippen molar-refractivity contribution in [3.63, 3.8) is 0 Å². The van der Waals surface area contributed by atoms with Crippen LogP contribution in [0.4, 0.5) is 0 Å². The number of methoxy groups -OCH3 is 1. The van der Waals surface area contributed by atoms with E-state index in [1.165, 1.54) is 38.5 Å². The van der Waals surface area contributed by atoms with Gasteiger partial charge in [-0.25, -0.2) is 4.79 Å². The van der Waals surface area contributed by atoms with E-state index in [0.29, 0.717) is 33.9 Å². The van der Waals surface area contributed by atoms with E-state index < -0.39 is 36.7 Å². The summed E-state index contributed by atoms with van der Waals surface area (Å²) in [5, 5.41) is 31.5. The summed E-state index contributed by atoms with van der Waals surface area (Å²) >= 11 is 7.27. The molecule has 1 aromatic heterocycles. The number of H-pyrrole nitrogens is 1. The third kappa shape index (κ3) is 4.90. The van der Waals surface area contributed by atoms with Gasteiger partial charge in [-0.05, 0) is 68.5 Å². The number of ether oxygens (including phenoxy) is 4. The standard InChI is InChI=1S/C25H31Br2NO8/c1-33-24(32)23-20(30)19(29)21(31)25(36-23)35-16-9-28-15-8-14(26)22(18(27)17(15)16)34-10-13-11-6-4-2-3-5-7-12(11)13/h8-9,11-13,19-21,23,25,28-31H,2-7,10H2,1H3/t11-,12+,13?,19-,20-,21+,23-,25+/m0/s1. The maximum absolute atomic E-state index is 12.0. The summed E-state index contributed by atoms with van der Waals surface area (Å²) in [7, 11) is 1.14. The Morgan fingerprint density at radius 1 is 1.08 bits per heavy atom. The number of aliphatic hydroxyl groups excluding tert-OH is 3. The van der Waals surface area contributed by atoms with Crippen molar-refractivity contribution in [3.8, 4) is 11.5 Å². The molecule has 0 bridgehead atoms. The number of benzene rings is 1. The molecule has 9 nitrogen and oxygen atoms in total. The lowest BCUT2D eigenvalue weighted by Gasteiger charge is -2.38. The summed E-state index contributed by atoms with van der Waals surface area (Å²) in [5.74, 6) is 2.18. The molecule has 0 spiro atoms. The molecule has 1 unspecified atom stereocenters.